The number of hydrogen-bond donors (Lipinski definition) is 2. The van der Waals surface area contributed by atoms with Crippen LogP contribution in [0.25, 0.3) is 0 Å². The Kier molecular flexibility index (Phi) is 3.94. The SMILES string of the molecule is CCC(Nc1ccnc(C(N)=O)c1)c1cccs1. The molecule has 0 aromatic carbocycles. The molecule has 1 atom stereocenters. The maximum Gasteiger partial charge on any atom is 0.267 e. The molecule has 2 aromatic heterocycles. The van der Waals surface area contributed by atoms with Gasteiger partial charge in [0.1, 0.15) is 5.69 Å². The Labute approximate surface area is 110 Å². The zero-order valence-electron chi connectivity index (χ0n) is 10.1. The first-order valence-electron chi connectivity index (χ1n) is 5.76. The van der Waals surface area contributed by atoms with Crippen molar-refractivity contribution in [2.45, 2.75) is 19.4 Å². The largest absolute Gasteiger partial charge is 0.377 e. The molecule has 0 radical (unpaired) electrons. The molecule has 0 aliphatic rings. The van der Waals surface area contributed by atoms with Crippen LogP contribution in [0.3, 0.4) is 0 Å². The van der Waals surface area contributed by atoms with Crippen molar-refractivity contribution in [2.24, 2.45) is 5.73 Å². The maximum atomic E-state index is 11.1. The first-order valence-corrected chi connectivity index (χ1v) is 6.64. The van der Waals surface area contributed by atoms with Crippen LogP contribution in [0.1, 0.15) is 34.8 Å². The summed E-state index contributed by atoms with van der Waals surface area (Å²) >= 11 is 1.72. The van der Waals surface area contributed by atoms with Crippen LogP contribution in [0.4, 0.5) is 5.69 Å². The Bertz CT molecular complexity index is 525. The summed E-state index contributed by atoms with van der Waals surface area (Å²) < 4.78 is 0. The molecule has 5 heteroatoms. The van der Waals surface area contributed by atoms with E-state index in [-0.39, 0.29) is 11.7 Å². The number of pyridine rings is 1. The van der Waals surface area contributed by atoms with Crippen LogP contribution in [-0.2, 0) is 0 Å². The summed E-state index contributed by atoms with van der Waals surface area (Å²) in [6.45, 7) is 2.12. The van der Waals surface area contributed by atoms with Gasteiger partial charge in [-0.05, 0) is 30.0 Å². The van der Waals surface area contributed by atoms with E-state index in [1.807, 2.05) is 12.1 Å². The van der Waals surface area contributed by atoms with E-state index >= 15 is 0 Å². The second-order valence-corrected chi connectivity index (χ2v) is 4.89. The second kappa shape index (κ2) is 5.64. The van der Waals surface area contributed by atoms with Gasteiger partial charge in [0.25, 0.3) is 5.91 Å². The van der Waals surface area contributed by atoms with Gasteiger partial charge in [-0.1, -0.05) is 13.0 Å². The molecule has 0 fully saturated rings. The molecular formula is C13H15N3OS. The number of carbonyl (C=O) groups is 1. The number of nitrogens with one attached hydrogen (secondary N) is 1. The van der Waals surface area contributed by atoms with E-state index in [0.717, 1.165) is 12.1 Å². The van der Waals surface area contributed by atoms with Gasteiger partial charge in [0.15, 0.2) is 0 Å². The van der Waals surface area contributed by atoms with E-state index in [9.17, 15) is 4.79 Å². The van der Waals surface area contributed by atoms with Gasteiger partial charge in [-0.3, -0.25) is 9.78 Å². The number of primary amides is 1. The lowest BCUT2D eigenvalue weighted by atomic mass is 10.1. The molecule has 3 N–H and O–H groups in total. The number of carbonyl (C=O) groups excluding carboxylic acids is 1. The van der Waals surface area contributed by atoms with Crippen LogP contribution in [0.15, 0.2) is 35.8 Å². The summed E-state index contributed by atoms with van der Waals surface area (Å²) in [7, 11) is 0. The van der Waals surface area contributed by atoms with Gasteiger partial charge in [-0.25, -0.2) is 0 Å². The van der Waals surface area contributed by atoms with Crippen molar-refractivity contribution in [3.05, 3.63) is 46.4 Å². The zero-order chi connectivity index (χ0) is 13.0. The predicted octanol–water partition coefficient (Wildman–Crippen LogP) is 2.81. The van der Waals surface area contributed by atoms with Gasteiger partial charge >= 0.3 is 0 Å². The minimum atomic E-state index is -0.511. The smallest absolute Gasteiger partial charge is 0.267 e. The van der Waals surface area contributed by atoms with Crippen molar-refractivity contribution < 1.29 is 4.79 Å². The highest BCUT2D eigenvalue weighted by molar-refractivity contribution is 7.10. The fraction of sp³-hybridized carbons (Fsp3) is 0.231. The highest BCUT2D eigenvalue weighted by Crippen LogP contribution is 2.26. The third-order valence-electron chi connectivity index (χ3n) is 2.65. The van der Waals surface area contributed by atoms with Gasteiger partial charge in [-0.2, -0.15) is 0 Å². The number of rotatable bonds is 5. The topological polar surface area (TPSA) is 68.0 Å². The summed E-state index contributed by atoms with van der Waals surface area (Å²) in [5.41, 5.74) is 6.35. The van der Waals surface area contributed by atoms with Crippen molar-refractivity contribution in [1.82, 2.24) is 4.98 Å². The molecule has 94 valence electrons. The van der Waals surface area contributed by atoms with Crippen molar-refractivity contribution >= 4 is 22.9 Å². The molecule has 2 heterocycles. The number of nitrogens with zero attached hydrogens (tertiary/aromatic N) is 1. The Balaban J connectivity index is 2.17. The van der Waals surface area contributed by atoms with Crippen LogP contribution in [0.5, 0.6) is 0 Å². The van der Waals surface area contributed by atoms with Gasteiger partial charge < -0.3 is 11.1 Å². The highest BCUT2D eigenvalue weighted by atomic mass is 32.1. The summed E-state index contributed by atoms with van der Waals surface area (Å²) in [6.07, 6.45) is 2.55. The molecule has 18 heavy (non-hydrogen) atoms. The summed E-state index contributed by atoms with van der Waals surface area (Å²) in [5.74, 6) is -0.511. The summed E-state index contributed by atoms with van der Waals surface area (Å²) in [6, 6.07) is 7.89. The van der Waals surface area contributed by atoms with E-state index in [1.165, 1.54) is 4.88 Å². The first-order chi connectivity index (χ1) is 8.70. The number of amides is 1. The van der Waals surface area contributed by atoms with Crippen LogP contribution in [0, 0.1) is 0 Å². The maximum absolute atomic E-state index is 11.1. The van der Waals surface area contributed by atoms with Gasteiger partial charge in [0, 0.05) is 16.8 Å². The van der Waals surface area contributed by atoms with Crippen molar-refractivity contribution in [1.29, 1.82) is 0 Å². The van der Waals surface area contributed by atoms with Crippen LogP contribution < -0.4 is 11.1 Å². The molecule has 0 saturated heterocycles. The third kappa shape index (κ3) is 2.87. The molecule has 0 spiro atoms. The lowest BCUT2D eigenvalue weighted by Crippen LogP contribution is -2.14. The van der Waals surface area contributed by atoms with Gasteiger partial charge in [-0.15, -0.1) is 11.3 Å². The molecule has 4 nitrogen and oxygen atoms in total. The number of anilines is 1. The molecule has 2 aromatic rings. The zero-order valence-corrected chi connectivity index (χ0v) is 10.9. The van der Waals surface area contributed by atoms with E-state index in [2.05, 4.69) is 28.7 Å². The van der Waals surface area contributed by atoms with Gasteiger partial charge in [0.05, 0.1) is 6.04 Å². The molecule has 0 aliphatic heterocycles. The monoisotopic (exact) mass is 261 g/mol. The molecule has 0 aliphatic carbocycles. The number of hydrogen-bond acceptors (Lipinski definition) is 4. The number of nitrogens with two attached hydrogens (primary N) is 1. The number of aromatic nitrogens is 1. The van der Waals surface area contributed by atoms with E-state index in [4.69, 9.17) is 5.73 Å². The standard InChI is InChI=1S/C13H15N3OS/c1-2-10(12-4-3-7-18-12)16-9-5-6-15-11(8-9)13(14)17/h3-8,10H,2H2,1H3,(H2,14,17)(H,15,16). The normalized spacial score (nSPS) is 12.1. The van der Waals surface area contributed by atoms with Crippen LogP contribution >= 0.6 is 11.3 Å². The fourth-order valence-electron chi connectivity index (χ4n) is 1.72. The fourth-order valence-corrected chi connectivity index (χ4v) is 2.58. The third-order valence-corrected chi connectivity index (χ3v) is 3.63. The van der Waals surface area contributed by atoms with Crippen LogP contribution in [0.2, 0.25) is 0 Å². The van der Waals surface area contributed by atoms with E-state index < -0.39 is 5.91 Å². The Morgan fingerprint density at radius 1 is 1.56 bits per heavy atom. The molecule has 2 rings (SSSR count). The lowest BCUT2D eigenvalue weighted by molar-refractivity contribution is 0.0995. The molecule has 0 bridgehead atoms. The Hall–Kier alpha value is -1.88. The quantitative estimate of drug-likeness (QED) is 0.869. The van der Waals surface area contributed by atoms with Crippen LogP contribution in [-0.4, -0.2) is 10.9 Å². The molecule has 1 unspecified atom stereocenters. The number of thiophene rings is 1. The van der Waals surface area contributed by atoms with Crippen molar-refractivity contribution in [3.63, 3.8) is 0 Å². The first kappa shape index (κ1) is 12.6. The second-order valence-electron chi connectivity index (χ2n) is 3.91. The van der Waals surface area contributed by atoms with E-state index in [1.54, 1.807) is 23.6 Å². The van der Waals surface area contributed by atoms with Gasteiger partial charge in [0.2, 0.25) is 0 Å². The highest BCUT2D eigenvalue weighted by Gasteiger charge is 2.11. The average molecular weight is 261 g/mol. The van der Waals surface area contributed by atoms with Crippen molar-refractivity contribution in [3.8, 4) is 0 Å². The molecular weight excluding hydrogens is 246 g/mol. The minimum Gasteiger partial charge on any atom is -0.377 e. The summed E-state index contributed by atoms with van der Waals surface area (Å²) in [5, 5.41) is 5.45. The molecule has 1 amide bonds. The summed E-state index contributed by atoms with van der Waals surface area (Å²) in [4.78, 5) is 16.3. The lowest BCUT2D eigenvalue weighted by Gasteiger charge is -2.17. The molecule has 0 saturated carbocycles. The minimum absolute atomic E-state index is 0.244. The Morgan fingerprint density at radius 3 is 3.00 bits per heavy atom. The van der Waals surface area contributed by atoms with E-state index in [0.29, 0.717) is 0 Å². The predicted molar refractivity (Wildman–Crippen MR) is 73.7 cm³/mol. The van der Waals surface area contributed by atoms with Crippen molar-refractivity contribution in [2.75, 3.05) is 5.32 Å². The Morgan fingerprint density at radius 2 is 2.39 bits per heavy atom. The average Bonchev–Trinajstić information content (AvgIpc) is 2.90.